The second kappa shape index (κ2) is 7.62. The lowest BCUT2D eigenvalue weighted by atomic mass is 10.0. The van der Waals surface area contributed by atoms with Gasteiger partial charge in [0.1, 0.15) is 5.82 Å². The van der Waals surface area contributed by atoms with Gasteiger partial charge in [0.25, 0.3) is 0 Å². The molecule has 136 valence electrons. The highest BCUT2D eigenvalue weighted by Gasteiger charge is 2.29. The highest BCUT2D eigenvalue weighted by atomic mass is 32.2. The molecule has 1 aromatic heterocycles. The lowest BCUT2D eigenvalue weighted by Crippen LogP contribution is -2.53. The number of amides is 1. The number of piperidine rings is 1. The van der Waals surface area contributed by atoms with Crippen LogP contribution in [0.3, 0.4) is 0 Å². The van der Waals surface area contributed by atoms with Gasteiger partial charge in [-0.3, -0.25) is 9.69 Å². The first kappa shape index (κ1) is 18.9. The molecule has 2 N–H and O–H groups in total. The fourth-order valence-electron chi connectivity index (χ4n) is 2.98. The minimum atomic E-state index is -3.24. The van der Waals surface area contributed by atoms with Gasteiger partial charge in [0.2, 0.25) is 15.9 Å². The predicted molar refractivity (Wildman–Crippen MR) is 93.3 cm³/mol. The normalized spacial score (nSPS) is 21.0. The summed E-state index contributed by atoms with van der Waals surface area (Å²) in [7, 11) is -3.24. The van der Waals surface area contributed by atoms with Crippen LogP contribution in [0.5, 0.6) is 0 Å². The van der Waals surface area contributed by atoms with E-state index in [1.54, 1.807) is 16.9 Å². The van der Waals surface area contributed by atoms with E-state index in [0.29, 0.717) is 12.4 Å². The van der Waals surface area contributed by atoms with Crippen LogP contribution in [0.25, 0.3) is 0 Å². The molecule has 2 rings (SSSR count). The zero-order valence-electron chi connectivity index (χ0n) is 14.7. The van der Waals surface area contributed by atoms with Gasteiger partial charge in [-0.05, 0) is 40.2 Å². The van der Waals surface area contributed by atoms with Crippen molar-refractivity contribution in [3.63, 3.8) is 0 Å². The highest BCUT2D eigenvalue weighted by Crippen LogP contribution is 2.17. The Morgan fingerprint density at radius 1 is 1.38 bits per heavy atom. The van der Waals surface area contributed by atoms with Crippen LogP contribution in [-0.4, -0.2) is 60.4 Å². The third kappa shape index (κ3) is 5.02. The third-order valence-electron chi connectivity index (χ3n) is 4.17. The Hall–Kier alpha value is -1.45. The maximum absolute atomic E-state index is 12.5. The van der Waals surface area contributed by atoms with Crippen molar-refractivity contribution in [1.29, 1.82) is 0 Å². The van der Waals surface area contributed by atoms with E-state index >= 15 is 0 Å². The average molecular weight is 357 g/mol. The molecule has 1 fully saturated rings. The van der Waals surface area contributed by atoms with Gasteiger partial charge in [0.05, 0.1) is 18.5 Å². The molecule has 0 bridgehead atoms. The molecule has 2 atom stereocenters. The van der Waals surface area contributed by atoms with Crippen LogP contribution in [-0.2, 0) is 14.8 Å². The Labute approximate surface area is 143 Å². The topological polar surface area (TPSA) is 96.3 Å². The quantitative estimate of drug-likeness (QED) is 0.785. The van der Waals surface area contributed by atoms with Crippen LogP contribution in [0.2, 0.25) is 0 Å². The molecule has 0 unspecified atom stereocenters. The van der Waals surface area contributed by atoms with E-state index in [0.717, 1.165) is 25.6 Å². The van der Waals surface area contributed by atoms with Gasteiger partial charge in [-0.25, -0.2) is 17.8 Å². The summed E-state index contributed by atoms with van der Waals surface area (Å²) in [5, 5.41) is 7.12. The number of carbonyl (C=O) groups excluding carboxylic acids is 1. The van der Waals surface area contributed by atoms with Gasteiger partial charge in [-0.15, -0.1) is 0 Å². The Balaban J connectivity index is 1.98. The molecular formula is C15H27N5O3S. The summed E-state index contributed by atoms with van der Waals surface area (Å²) in [5.41, 5.74) is 0. The summed E-state index contributed by atoms with van der Waals surface area (Å²) in [4.78, 5) is 14.6. The van der Waals surface area contributed by atoms with Crippen molar-refractivity contribution in [1.82, 2.24) is 19.4 Å². The smallest absolute Gasteiger partial charge is 0.242 e. The summed E-state index contributed by atoms with van der Waals surface area (Å²) >= 11 is 0. The van der Waals surface area contributed by atoms with Crippen LogP contribution in [0.1, 0.15) is 39.7 Å². The SMILES string of the molecule is CC(C)n1nccc1NC(=O)[C@H](C)N1CCC[C@H](NS(C)(=O)=O)C1. The zero-order valence-corrected chi connectivity index (χ0v) is 15.5. The van der Waals surface area contributed by atoms with E-state index in [1.807, 2.05) is 25.7 Å². The van der Waals surface area contributed by atoms with Crippen LogP contribution in [0, 0.1) is 0 Å². The average Bonchev–Trinajstić information content (AvgIpc) is 2.93. The largest absolute Gasteiger partial charge is 0.310 e. The van der Waals surface area contributed by atoms with Gasteiger partial charge >= 0.3 is 0 Å². The number of hydrogen-bond donors (Lipinski definition) is 2. The van der Waals surface area contributed by atoms with E-state index in [4.69, 9.17) is 0 Å². The van der Waals surface area contributed by atoms with E-state index in [2.05, 4.69) is 15.1 Å². The minimum absolute atomic E-state index is 0.114. The van der Waals surface area contributed by atoms with Crippen LogP contribution < -0.4 is 10.0 Å². The molecule has 2 heterocycles. The molecule has 24 heavy (non-hydrogen) atoms. The molecule has 0 saturated carbocycles. The monoisotopic (exact) mass is 357 g/mol. The van der Waals surface area contributed by atoms with Gasteiger partial charge in [-0.1, -0.05) is 0 Å². The van der Waals surface area contributed by atoms with Crippen LogP contribution in [0.15, 0.2) is 12.3 Å². The first-order chi connectivity index (χ1) is 11.2. The number of nitrogens with zero attached hydrogens (tertiary/aromatic N) is 3. The van der Waals surface area contributed by atoms with Crippen molar-refractivity contribution in [2.45, 2.75) is 51.7 Å². The Morgan fingerprint density at radius 2 is 2.08 bits per heavy atom. The van der Waals surface area contributed by atoms with E-state index in [1.165, 1.54) is 0 Å². The van der Waals surface area contributed by atoms with Gasteiger partial charge in [0, 0.05) is 24.7 Å². The summed E-state index contributed by atoms with van der Waals surface area (Å²) in [5.74, 6) is 0.557. The Bertz CT molecular complexity index is 670. The molecule has 1 saturated heterocycles. The van der Waals surface area contributed by atoms with Crippen molar-refractivity contribution in [3.05, 3.63) is 12.3 Å². The van der Waals surface area contributed by atoms with E-state index in [-0.39, 0.29) is 24.0 Å². The number of aromatic nitrogens is 2. The van der Waals surface area contributed by atoms with Crippen molar-refractivity contribution >= 4 is 21.7 Å². The summed E-state index contributed by atoms with van der Waals surface area (Å²) in [6.07, 6.45) is 4.47. The second-order valence-electron chi connectivity index (χ2n) is 6.64. The maximum Gasteiger partial charge on any atom is 0.242 e. The second-order valence-corrected chi connectivity index (χ2v) is 8.42. The molecule has 1 aliphatic heterocycles. The number of sulfonamides is 1. The number of likely N-dealkylation sites (tertiary alicyclic amines) is 1. The Kier molecular flexibility index (Phi) is 6.00. The fourth-order valence-corrected chi connectivity index (χ4v) is 3.78. The van der Waals surface area contributed by atoms with E-state index < -0.39 is 10.0 Å². The van der Waals surface area contributed by atoms with Crippen molar-refractivity contribution < 1.29 is 13.2 Å². The number of hydrogen-bond acceptors (Lipinski definition) is 5. The molecule has 9 heteroatoms. The van der Waals surface area contributed by atoms with E-state index in [9.17, 15) is 13.2 Å². The van der Waals surface area contributed by atoms with Crippen molar-refractivity contribution in [2.75, 3.05) is 24.7 Å². The maximum atomic E-state index is 12.5. The number of anilines is 1. The molecule has 0 aromatic carbocycles. The van der Waals surface area contributed by atoms with Crippen molar-refractivity contribution in [3.8, 4) is 0 Å². The molecule has 1 aliphatic rings. The highest BCUT2D eigenvalue weighted by molar-refractivity contribution is 7.88. The standard InChI is InChI=1S/C15H27N5O3S/c1-11(2)20-14(7-8-16-20)17-15(21)12(3)19-9-5-6-13(10-19)18-24(4,22)23/h7-8,11-13,18H,5-6,9-10H2,1-4H3,(H,17,21)/t12-,13-/m0/s1. The third-order valence-corrected chi connectivity index (χ3v) is 4.93. The molecule has 8 nitrogen and oxygen atoms in total. The molecule has 1 amide bonds. The van der Waals surface area contributed by atoms with Crippen LogP contribution >= 0.6 is 0 Å². The molecular weight excluding hydrogens is 330 g/mol. The zero-order chi connectivity index (χ0) is 17.9. The summed E-state index contributed by atoms with van der Waals surface area (Å²) in [6, 6.07) is 1.44. The predicted octanol–water partition coefficient (Wildman–Crippen LogP) is 0.805. The van der Waals surface area contributed by atoms with Crippen LogP contribution in [0.4, 0.5) is 5.82 Å². The number of carbonyl (C=O) groups is 1. The molecule has 0 radical (unpaired) electrons. The number of rotatable bonds is 6. The van der Waals surface area contributed by atoms with Gasteiger partial charge < -0.3 is 5.32 Å². The summed E-state index contributed by atoms with van der Waals surface area (Å²) in [6.45, 7) is 7.15. The lowest BCUT2D eigenvalue weighted by molar-refractivity contribution is -0.121. The van der Waals surface area contributed by atoms with Gasteiger partial charge in [-0.2, -0.15) is 5.10 Å². The Morgan fingerprint density at radius 3 is 2.71 bits per heavy atom. The molecule has 0 aliphatic carbocycles. The first-order valence-corrected chi connectivity index (χ1v) is 10.1. The van der Waals surface area contributed by atoms with Crippen molar-refractivity contribution in [2.24, 2.45) is 0 Å². The molecule has 1 aromatic rings. The lowest BCUT2D eigenvalue weighted by Gasteiger charge is -2.36. The molecule has 0 spiro atoms. The minimum Gasteiger partial charge on any atom is -0.310 e. The summed E-state index contributed by atoms with van der Waals surface area (Å²) < 4.78 is 27.2. The fraction of sp³-hybridized carbons (Fsp3) is 0.733. The first-order valence-electron chi connectivity index (χ1n) is 8.23. The van der Waals surface area contributed by atoms with Gasteiger partial charge in [0.15, 0.2) is 0 Å². The number of nitrogens with one attached hydrogen (secondary N) is 2.